The molecule has 24 heavy (non-hydrogen) atoms. The summed E-state index contributed by atoms with van der Waals surface area (Å²) >= 11 is 1.64. The number of rotatable bonds is 1. The van der Waals surface area contributed by atoms with E-state index in [-0.39, 0.29) is 11.9 Å². The first kappa shape index (κ1) is 15.2. The highest BCUT2D eigenvalue weighted by Crippen LogP contribution is 2.49. The molecule has 3 heterocycles. The summed E-state index contributed by atoms with van der Waals surface area (Å²) in [6.45, 7) is 3.95. The van der Waals surface area contributed by atoms with E-state index in [1.54, 1.807) is 18.4 Å². The number of guanidine groups is 1. The summed E-state index contributed by atoms with van der Waals surface area (Å²) in [4.78, 5) is 19.0. The number of carbonyl (C=O) groups is 1. The third-order valence-corrected chi connectivity index (χ3v) is 5.34. The molecule has 1 amide bonds. The molecule has 1 aromatic carbocycles. The number of thiophene rings is 1. The number of benzene rings is 1. The maximum Gasteiger partial charge on any atom is 0.261 e. The van der Waals surface area contributed by atoms with Gasteiger partial charge in [-0.25, -0.2) is 4.99 Å². The molecular formula is C18H19N3O2S. The van der Waals surface area contributed by atoms with E-state index in [0.29, 0.717) is 12.2 Å². The van der Waals surface area contributed by atoms with Gasteiger partial charge in [0.1, 0.15) is 11.4 Å². The summed E-state index contributed by atoms with van der Waals surface area (Å²) in [5, 5.41) is 4.12. The maximum atomic E-state index is 13.0. The fourth-order valence-electron chi connectivity index (χ4n) is 3.59. The Bertz CT molecular complexity index is 857. The molecule has 0 saturated heterocycles. The van der Waals surface area contributed by atoms with Crippen LogP contribution in [0.3, 0.4) is 0 Å². The highest BCUT2D eigenvalue weighted by molar-refractivity contribution is 7.08. The average Bonchev–Trinajstić information content (AvgIpc) is 3.12. The first-order valence-electron chi connectivity index (χ1n) is 7.82. The zero-order valence-corrected chi connectivity index (χ0v) is 14.7. The Labute approximate surface area is 144 Å². The summed E-state index contributed by atoms with van der Waals surface area (Å²) in [5.41, 5.74) is 7.44. The molecule has 124 valence electrons. The molecule has 0 saturated carbocycles. The number of hydrogen-bond donors (Lipinski definition) is 1. The van der Waals surface area contributed by atoms with Gasteiger partial charge in [0.25, 0.3) is 5.91 Å². The number of fused-ring (bicyclic) bond motifs is 2. The molecule has 4 rings (SSSR count). The Balaban J connectivity index is 1.94. The van der Waals surface area contributed by atoms with Crippen molar-refractivity contribution in [2.75, 3.05) is 7.05 Å². The van der Waals surface area contributed by atoms with Crippen LogP contribution < -0.4 is 10.5 Å². The quantitative estimate of drug-likeness (QED) is 0.867. The highest BCUT2D eigenvalue weighted by Gasteiger charge is 2.55. The van der Waals surface area contributed by atoms with E-state index in [4.69, 9.17) is 10.5 Å². The van der Waals surface area contributed by atoms with E-state index in [1.165, 1.54) is 4.90 Å². The van der Waals surface area contributed by atoms with Gasteiger partial charge in [0.05, 0.1) is 0 Å². The minimum Gasteiger partial charge on any atom is -0.487 e. The fourth-order valence-corrected chi connectivity index (χ4v) is 4.25. The van der Waals surface area contributed by atoms with E-state index < -0.39 is 11.1 Å². The molecule has 2 aliphatic heterocycles. The molecule has 2 aliphatic rings. The van der Waals surface area contributed by atoms with E-state index in [0.717, 1.165) is 16.7 Å². The fraction of sp³-hybridized carbons (Fsp3) is 0.333. The number of amides is 1. The lowest BCUT2D eigenvalue weighted by molar-refractivity contribution is -0.133. The molecule has 2 N–H and O–H groups in total. The van der Waals surface area contributed by atoms with Crippen molar-refractivity contribution < 1.29 is 9.53 Å². The Morgan fingerprint density at radius 2 is 2.08 bits per heavy atom. The Kier molecular flexibility index (Phi) is 3.06. The molecule has 5 nitrogen and oxygen atoms in total. The van der Waals surface area contributed by atoms with Crippen molar-refractivity contribution >= 4 is 23.2 Å². The third-order valence-electron chi connectivity index (χ3n) is 4.65. The van der Waals surface area contributed by atoms with Crippen molar-refractivity contribution in [1.29, 1.82) is 0 Å². The zero-order chi connectivity index (χ0) is 17.1. The van der Waals surface area contributed by atoms with E-state index in [2.05, 4.69) is 16.4 Å². The summed E-state index contributed by atoms with van der Waals surface area (Å²) in [5.74, 6) is 0.857. The van der Waals surface area contributed by atoms with E-state index >= 15 is 0 Å². The first-order chi connectivity index (χ1) is 11.3. The van der Waals surface area contributed by atoms with Gasteiger partial charge >= 0.3 is 0 Å². The van der Waals surface area contributed by atoms with Gasteiger partial charge in [-0.05, 0) is 53.9 Å². The summed E-state index contributed by atoms with van der Waals surface area (Å²) in [6, 6.07) is 8.03. The normalized spacial score (nSPS) is 24.7. The van der Waals surface area contributed by atoms with Crippen LogP contribution in [0.4, 0.5) is 0 Å². The number of likely N-dealkylation sites (N-methyl/N-ethyl adjacent to an activating group) is 1. The van der Waals surface area contributed by atoms with Gasteiger partial charge in [0, 0.05) is 19.0 Å². The number of nitrogens with zero attached hydrogens (tertiary/aromatic N) is 2. The number of hydrogen-bond acceptors (Lipinski definition) is 5. The van der Waals surface area contributed by atoms with Crippen LogP contribution in [0.15, 0.2) is 40.0 Å². The van der Waals surface area contributed by atoms with Crippen molar-refractivity contribution in [1.82, 2.24) is 4.90 Å². The number of ether oxygens (including phenoxy) is 1. The second-order valence-electron chi connectivity index (χ2n) is 6.96. The van der Waals surface area contributed by atoms with Crippen molar-refractivity contribution in [3.8, 4) is 16.9 Å². The van der Waals surface area contributed by atoms with Crippen LogP contribution in [0, 0.1) is 0 Å². The number of aliphatic imine (C=N–C) groups is 1. The minimum atomic E-state index is -0.998. The second kappa shape index (κ2) is 4.83. The smallest absolute Gasteiger partial charge is 0.261 e. The lowest BCUT2D eigenvalue weighted by Crippen LogP contribution is -2.49. The van der Waals surface area contributed by atoms with Gasteiger partial charge in [-0.3, -0.25) is 9.69 Å². The van der Waals surface area contributed by atoms with Crippen molar-refractivity contribution in [3.63, 3.8) is 0 Å². The molecule has 1 unspecified atom stereocenters. The van der Waals surface area contributed by atoms with Crippen LogP contribution in [0.2, 0.25) is 0 Å². The maximum absolute atomic E-state index is 13.0. The Morgan fingerprint density at radius 1 is 1.29 bits per heavy atom. The highest BCUT2D eigenvalue weighted by atomic mass is 32.1. The van der Waals surface area contributed by atoms with Gasteiger partial charge in [-0.1, -0.05) is 6.07 Å². The van der Waals surface area contributed by atoms with Crippen LogP contribution in [0.1, 0.15) is 25.8 Å². The average molecular weight is 341 g/mol. The Morgan fingerprint density at radius 3 is 2.71 bits per heavy atom. The third kappa shape index (κ3) is 2.06. The van der Waals surface area contributed by atoms with Crippen molar-refractivity contribution in [3.05, 3.63) is 40.6 Å². The van der Waals surface area contributed by atoms with Gasteiger partial charge in [0.2, 0.25) is 0 Å². The molecule has 1 aromatic heterocycles. The molecule has 0 fully saturated rings. The molecule has 0 bridgehead atoms. The van der Waals surface area contributed by atoms with Crippen LogP contribution in [-0.2, 0) is 10.3 Å². The monoisotopic (exact) mass is 341 g/mol. The second-order valence-corrected chi connectivity index (χ2v) is 7.74. The van der Waals surface area contributed by atoms with Gasteiger partial charge in [-0.15, -0.1) is 0 Å². The summed E-state index contributed by atoms with van der Waals surface area (Å²) in [7, 11) is 1.67. The number of nitrogens with two attached hydrogens (primary N) is 1. The van der Waals surface area contributed by atoms with E-state index in [1.807, 2.05) is 37.4 Å². The molecular weight excluding hydrogens is 322 g/mol. The van der Waals surface area contributed by atoms with Crippen LogP contribution in [-0.4, -0.2) is 29.4 Å². The minimum absolute atomic E-state index is 0.0971. The molecule has 0 aliphatic carbocycles. The van der Waals surface area contributed by atoms with Crippen LogP contribution in [0.25, 0.3) is 11.1 Å². The van der Waals surface area contributed by atoms with Gasteiger partial charge in [0.15, 0.2) is 11.5 Å². The Hall–Kier alpha value is -2.34. The topological polar surface area (TPSA) is 67.9 Å². The standard InChI is InChI=1S/C18H19N3O2S/c1-17(2)10-18(15(22)21(3)16(19)20-18)13-8-11(4-5-14(13)23-17)12-6-7-24-9-12/h4-9H,10H2,1-3H3,(H2,19,20). The predicted octanol–water partition coefficient (Wildman–Crippen LogP) is 2.96. The molecule has 1 atom stereocenters. The van der Waals surface area contributed by atoms with Crippen LogP contribution in [0.5, 0.6) is 5.75 Å². The molecule has 1 spiro atoms. The number of carbonyl (C=O) groups excluding carboxylic acids is 1. The predicted molar refractivity (Wildman–Crippen MR) is 95.1 cm³/mol. The summed E-state index contributed by atoms with van der Waals surface area (Å²) in [6.07, 6.45) is 0.462. The lowest BCUT2D eigenvalue weighted by atomic mass is 9.77. The molecule has 2 aromatic rings. The summed E-state index contributed by atoms with van der Waals surface area (Å²) < 4.78 is 6.12. The lowest BCUT2D eigenvalue weighted by Gasteiger charge is -2.41. The zero-order valence-electron chi connectivity index (χ0n) is 13.9. The van der Waals surface area contributed by atoms with Gasteiger partial charge in [-0.2, -0.15) is 11.3 Å². The van der Waals surface area contributed by atoms with Crippen molar-refractivity contribution in [2.45, 2.75) is 31.4 Å². The largest absolute Gasteiger partial charge is 0.487 e. The van der Waals surface area contributed by atoms with Crippen LogP contribution >= 0.6 is 11.3 Å². The molecule has 0 radical (unpaired) electrons. The SMILES string of the molecule is CN1C(=O)C2(CC(C)(C)Oc3ccc(-c4ccsc4)cc32)N=C1N. The van der Waals surface area contributed by atoms with Gasteiger partial charge < -0.3 is 10.5 Å². The molecule has 6 heteroatoms. The first-order valence-corrected chi connectivity index (χ1v) is 8.76. The van der Waals surface area contributed by atoms with Crippen molar-refractivity contribution in [2.24, 2.45) is 10.7 Å². The van der Waals surface area contributed by atoms with E-state index in [9.17, 15) is 4.79 Å².